The minimum Gasteiger partial charge on any atom is -0.463 e. The van der Waals surface area contributed by atoms with E-state index >= 15 is 0 Å². The van der Waals surface area contributed by atoms with Crippen LogP contribution in [0.4, 0.5) is 0 Å². The molecule has 0 aromatic rings. The molecule has 2 rings (SSSR count). The Bertz CT molecular complexity index is 758. The van der Waals surface area contributed by atoms with Gasteiger partial charge < -0.3 is 59.8 Å². The maximum atomic E-state index is 12.2. The Morgan fingerprint density at radius 1 is 0.767 bits per heavy atom. The van der Waals surface area contributed by atoms with Crippen molar-refractivity contribution in [1.29, 1.82) is 0 Å². The van der Waals surface area contributed by atoms with Crippen LogP contribution in [0.1, 0.15) is 103 Å². The van der Waals surface area contributed by atoms with Crippen LogP contribution in [0.5, 0.6) is 0 Å². The van der Waals surface area contributed by atoms with Crippen molar-refractivity contribution in [3.05, 3.63) is 0 Å². The number of esters is 1. The molecule has 0 spiro atoms. The lowest BCUT2D eigenvalue weighted by Gasteiger charge is -2.43. The van der Waals surface area contributed by atoms with Gasteiger partial charge in [-0.1, -0.05) is 77.6 Å². The van der Waals surface area contributed by atoms with Crippen molar-refractivity contribution >= 4 is 5.97 Å². The van der Waals surface area contributed by atoms with E-state index in [0.717, 1.165) is 64.2 Å². The number of rotatable bonds is 22. The van der Waals surface area contributed by atoms with Crippen LogP contribution in [0.25, 0.3) is 0 Å². The van der Waals surface area contributed by atoms with Gasteiger partial charge in [-0.05, 0) is 19.3 Å². The maximum Gasteiger partial charge on any atom is 0.305 e. The highest BCUT2D eigenvalue weighted by molar-refractivity contribution is 5.69. The number of aliphatic hydroxyl groups is 8. The zero-order valence-corrected chi connectivity index (χ0v) is 25.5. The molecule has 0 aromatic heterocycles. The van der Waals surface area contributed by atoms with E-state index in [2.05, 4.69) is 6.92 Å². The largest absolute Gasteiger partial charge is 0.463 e. The van der Waals surface area contributed by atoms with Crippen LogP contribution in [0, 0.1) is 0 Å². The predicted octanol–water partition coefficient (Wildman–Crippen LogP) is 0.388. The molecule has 2 fully saturated rings. The van der Waals surface area contributed by atoms with E-state index in [1.54, 1.807) is 0 Å². The normalized spacial score (nSPS) is 33.5. The Hall–Kier alpha value is -0.970. The molecular formula is C30H56O13. The molecule has 13 nitrogen and oxygen atoms in total. The third-order valence-electron chi connectivity index (χ3n) is 8.36. The molecule has 0 saturated carbocycles. The molecule has 0 aromatic carbocycles. The SMILES string of the molecule is CCCCCCC(O)CCCCCCCCCCC(=O)OC[C@H]1O[C@H](O[C@]2(CO)O[C@H](CO)[C@@H](O)[C@@H]2O)[C@H](O)[C@@H](O)[C@@H]1O. The molecule has 254 valence electrons. The lowest BCUT2D eigenvalue weighted by Crippen LogP contribution is -2.62. The number of carbonyl (C=O) groups is 1. The van der Waals surface area contributed by atoms with Gasteiger partial charge >= 0.3 is 5.97 Å². The van der Waals surface area contributed by atoms with Crippen LogP contribution >= 0.6 is 0 Å². The van der Waals surface area contributed by atoms with E-state index in [1.807, 2.05) is 0 Å². The smallest absolute Gasteiger partial charge is 0.305 e. The summed E-state index contributed by atoms with van der Waals surface area (Å²) in [7, 11) is 0. The molecule has 0 radical (unpaired) electrons. The first-order valence-electron chi connectivity index (χ1n) is 16.1. The van der Waals surface area contributed by atoms with Crippen molar-refractivity contribution in [3.63, 3.8) is 0 Å². The average molecular weight is 625 g/mol. The summed E-state index contributed by atoms with van der Waals surface area (Å²) in [5.41, 5.74) is 0. The first kappa shape index (κ1) is 38.2. The highest BCUT2D eigenvalue weighted by atomic mass is 16.8. The van der Waals surface area contributed by atoms with Gasteiger partial charge in [0.05, 0.1) is 12.7 Å². The van der Waals surface area contributed by atoms with Gasteiger partial charge in [-0.25, -0.2) is 0 Å². The molecule has 1 unspecified atom stereocenters. The standard InChI is InChI=1S/C30H56O13/c1-2-3-4-11-14-20(33)15-12-9-7-5-6-8-10-13-16-23(34)40-18-22-24(35)26(37)27(38)29(41-22)43-30(19-32)28(39)25(36)21(17-31)42-30/h20-22,24-29,31-33,35-39H,2-19H2,1H3/t20?,21-,22-,24-,25-,26+,27-,28+,29-,30+/m1/s1. The maximum absolute atomic E-state index is 12.2. The van der Waals surface area contributed by atoms with Crippen molar-refractivity contribution in [2.24, 2.45) is 0 Å². The molecule has 13 heteroatoms. The number of hydrogen-bond acceptors (Lipinski definition) is 13. The summed E-state index contributed by atoms with van der Waals surface area (Å²) in [6.07, 6.45) is 1.47. The zero-order chi connectivity index (χ0) is 31.8. The summed E-state index contributed by atoms with van der Waals surface area (Å²) in [5.74, 6) is -2.80. The molecule has 2 saturated heterocycles. The van der Waals surface area contributed by atoms with Gasteiger partial charge in [-0.15, -0.1) is 0 Å². The number of hydrogen-bond donors (Lipinski definition) is 8. The van der Waals surface area contributed by atoms with E-state index < -0.39 is 80.6 Å². The van der Waals surface area contributed by atoms with Crippen LogP contribution < -0.4 is 0 Å². The molecule has 0 aliphatic carbocycles. The van der Waals surface area contributed by atoms with E-state index in [4.69, 9.17) is 18.9 Å². The monoisotopic (exact) mass is 624 g/mol. The van der Waals surface area contributed by atoms with Crippen molar-refractivity contribution < 1.29 is 64.6 Å². The molecule has 2 heterocycles. The highest BCUT2D eigenvalue weighted by Crippen LogP contribution is 2.36. The van der Waals surface area contributed by atoms with Crippen molar-refractivity contribution in [1.82, 2.24) is 0 Å². The highest BCUT2D eigenvalue weighted by Gasteiger charge is 2.58. The van der Waals surface area contributed by atoms with Crippen LogP contribution in [0.15, 0.2) is 0 Å². The Labute approximate surface area is 254 Å². The van der Waals surface area contributed by atoms with E-state index in [1.165, 1.54) is 19.3 Å². The van der Waals surface area contributed by atoms with E-state index in [9.17, 15) is 45.6 Å². The van der Waals surface area contributed by atoms with Gasteiger partial charge in [-0.3, -0.25) is 4.79 Å². The predicted molar refractivity (Wildman–Crippen MR) is 153 cm³/mol. The molecule has 2 aliphatic heterocycles. The van der Waals surface area contributed by atoms with Crippen molar-refractivity contribution in [2.45, 2.75) is 164 Å². The van der Waals surface area contributed by atoms with E-state index in [0.29, 0.717) is 6.42 Å². The second-order valence-electron chi connectivity index (χ2n) is 11.9. The number of carbonyl (C=O) groups excluding carboxylic acids is 1. The van der Waals surface area contributed by atoms with Crippen LogP contribution in [-0.4, -0.2) is 128 Å². The van der Waals surface area contributed by atoms with E-state index in [-0.39, 0.29) is 12.5 Å². The zero-order valence-electron chi connectivity index (χ0n) is 25.5. The van der Waals surface area contributed by atoms with Gasteiger partial charge in [0.15, 0.2) is 6.29 Å². The van der Waals surface area contributed by atoms with Crippen LogP contribution in [0.2, 0.25) is 0 Å². The second-order valence-corrected chi connectivity index (χ2v) is 11.9. The van der Waals surface area contributed by atoms with Gasteiger partial charge in [0.1, 0.15) is 55.9 Å². The summed E-state index contributed by atoms with van der Waals surface area (Å²) in [4.78, 5) is 12.2. The number of unbranched alkanes of at least 4 members (excludes halogenated alkanes) is 10. The van der Waals surface area contributed by atoms with Gasteiger partial charge in [-0.2, -0.15) is 0 Å². The fourth-order valence-corrected chi connectivity index (χ4v) is 5.53. The van der Waals surface area contributed by atoms with Gasteiger partial charge in [0.25, 0.3) is 0 Å². The molecule has 2 aliphatic rings. The van der Waals surface area contributed by atoms with Crippen molar-refractivity contribution in [3.8, 4) is 0 Å². The fourth-order valence-electron chi connectivity index (χ4n) is 5.53. The first-order valence-corrected chi connectivity index (χ1v) is 16.1. The molecule has 8 N–H and O–H groups in total. The Morgan fingerprint density at radius 3 is 1.91 bits per heavy atom. The average Bonchev–Trinajstić information content (AvgIpc) is 3.24. The second kappa shape index (κ2) is 20.2. The van der Waals surface area contributed by atoms with Crippen LogP contribution in [-0.2, 0) is 23.7 Å². The number of ether oxygens (including phenoxy) is 4. The first-order chi connectivity index (χ1) is 20.6. The molecular weight excluding hydrogens is 568 g/mol. The van der Waals surface area contributed by atoms with Gasteiger partial charge in [0, 0.05) is 6.42 Å². The third kappa shape index (κ3) is 12.0. The Kier molecular flexibility index (Phi) is 18.0. The number of aliphatic hydroxyl groups excluding tert-OH is 8. The Balaban J connectivity index is 1.62. The summed E-state index contributed by atoms with van der Waals surface area (Å²) >= 11 is 0. The summed E-state index contributed by atoms with van der Waals surface area (Å²) in [6, 6.07) is 0. The molecule has 43 heavy (non-hydrogen) atoms. The fraction of sp³-hybridized carbons (Fsp3) is 0.967. The Morgan fingerprint density at radius 2 is 1.35 bits per heavy atom. The molecule has 0 amide bonds. The van der Waals surface area contributed by atoms with Crippen molar-refractivity contribution in [2.75, 3.05) is 19.8 Å². The van der Waals surface area contributed by atoms with Gasteiger partial charge in [0.2, 0.25) is 5.79 Å². The minimum absolute atomic E-state index is 0.165. The summed E-state index contributed by atoms with van der Waals surface area (Å²) in [5, 5.41) is 80.5. The summed E-state index contributed by atoms with van der Waals surface area (Å²) < 4.78 is 21.4. The third-order valence-corrected chi connectivity index (χ3v) is 8.36. The molecule has 0 bridgehead atoms. The quantitative estimate of drug-likeness (QED) is 0.0605. The molecule has 10 atom stereocenters. The topological polar surface area (TPSA) is 216 Å². The minimum atomic E-state index is -2.28. The van der Waals surface area contributed by atoms with Crippen LogP contribution in [0.3, 0.4) is 0 Å². The lowest BCUT2D eigenvalue weighted by atomic mass is 9.99. The lowest BCUT2D eigenvalue weighted by molar-refractivity contribution is -0.383. The summed E-state index contributed by atoms with van der Waals surface area (Å²) in [6.45, 7) is 0.0494.